The number of alkyl halides is 1. The van der Waals surface area contributed by atoms with E-state index in [0.717, 1.165) is 13.1 Å². The fourth-order valence-corrected chi connectivity index (χ4v) is 3.05. The molecule has 0 aliphatic rings. The van der Waals surface area contributed by atoms with E-state index in [4.69, 9.17) is 11.6 Å². The Balaban J connectivity index is 2.89. The highest BCUT2D eigenvalue weighted by Crippen LogP contribution is 2.37. The van der Waals surface area contributed by atoms with Gasteiger partial charge in [-0.15, -0.1) is 22.9 Å². The average Bonchev–Trinajstić information content (AvgIpc) is 2.44. The van der Waals surface area contributed by atoms with E-state index in [1.165, 1.54) is 18.4 Å². The summed E-state index contributed by atoms with van der Waals surface area (Å²) in [5.41, 5.74) is 0. The SMILES string of the molecule is COC(=O)C(Cl)c1cc(Br)c(Br)s1. The largest absolute Gasteiger partial charge is 0.468 e. The number of thiophene rings is 1. The monoisotopic (exact) mass is 346 g/mol. The Bertz CT molecular complexity index is 307. The van der Waals surface area contributed by atoms with Gasteiger partial charge in [-0.05, 0) is 37.9 Å². The van der Waals surface area contributed by atoms with Gasteiger partial charge in [0.25, 0.3) is 0 Å². The molecule has 0 spiro atoms. The van der Waals surface area contributed by atoms with Gasteiger partial charge in [-0.3, -0.25) is 4.79 Å². The van der Waals surface area contributed by atoms with Crippen molar-refractivity contribution in [3.05, 3.63) is 19.2 Å². The average molecular weight is 348 g/mol. The number of esters is 1. The van der Waals surface area contributed by atoms with Crippen molar-refractivity contribution in [2.75, 3.05) is 7.11 Å². The van der Waals surface area contributed by atoms with E-state index >= 15 is 0 Å². The van der Waals surface area contributed by atoms with Crippen LogP contribution in [0.2, 0.25) is 0 Å². The Labute approximate surface area is 101 Å². The van der Waals surface area contributed by atoms with Crippen LogP contribution in [0.3, 0.4) is 0 Å². The van der Waals surface area contributed by atoms with Gasteiger partial charge in [0, 0.05) is 9.35 Å². The number of hydrogen-bond acceptors (Lipinski definition) is 3. The summed E-state index contributed by atoms with van der Waals surface area (Å²) in [4.78, 5) is 11.8. The first kappa shape index (κ1) is 11.5. The van der Waals surface area contributed by atoms with Gasteiger partial charge in [0.1, 0.15) is 0 Å². The lowest BCUT2D eigenvalue weighted by atomic mass is 10.3. The molecule has 0 N–H and O–H groups in total. The molecule has 2 nitrogen and oxygen atoms in total. The second-order valence-electron chi connectivity index (χ2n) is 2.16. The molecule has 1 rings (SSSR count). The van der Waals surface area contributed by atoms with Gasteiger partial charge >= 0.3 is 5.97 Å². The Hall–Kier alpha value is 0.420. The van der Waals surface area contributed by atoms with Crippen molar-refractivity contribution >= 4 is 60.8 Å². The van der Waals surface area contributed by atoms with Crippen LogP contribution in [0.1, 0.15) is 10.3 Å². The van der Waals surface area contributed by atoms with Crippen LogP contribution in [0.15, 0.2) is 14.3 Å². The van der Waals surface area contributed by atoms with Crippen LogP contribution >= 0.6 is 54.8 Å². The minimum atomic E-state index is -0.724. The third-order valence-corrected chi connectivity index (χ3v) is 5.19. The molecular weight excluding hydrogens is 343 g/mol. The van der Waals surface area contributed by atoms with Gasteiger partial charge in [0.05, 0.1) is 10.9 Å². The van der Waals surface area contributed by atoms with E-state index in [1.54, 1.807) is 6.07 Å². The van der Waals surface area contributed by atoms with E-state index in [-0.39, 0.29) is 0 Å². The van der Waals surface area contributed by atoms with Crippen molar-refractivity contribution in [2.24, 2.45) is 0 Å². The van der Waals surface area contributed by atoms with E-state index < -0.39 is 11.3 Å². The Morgan fingerprint density at radius 1 is 1.69 bits per heavy atom. The quantitative estimate of drug-likeness (QED) is 0.601. The minimum absolute atomic E-state index is 0.442. The van der Waals surface area contributed by atoms with Gasteiger partial charge in [0.15, 0.2) is 5.38 Å². The summed E-state index contributed by atoms with van der Waals surface area (Å²) >= 11 is 13.9. The van der Waals surface area contributed by atoms with Gasteiger partial charge in [-0.1, -0.05) is 0 Å². The van der Waals surface area contributed by atoms with Crippen LogP contribution < -0.4 is 0 Å². The Morgan fingerprint density at radius 2 is 2.31 bits per heavy atom. The van der Waals surface area contributed by atoms with Crippen LogP contribution in [-0.2, 0) is 9.53 Å². The zero-order chi connectivity index (χ0) is 10.0. The van der Waals surface area contributed by atoms with Crippen LogP contribution in [0.4, 0.5) is 0 Å². The van der Waals surface area contributed by atoms with Crippen molar-refractivity contribution in [2.45, 2.75) is 5.38 Å². The fourth-order valence-electron chi connectivity index (χ4n) is 0.708. The molecule has 0 fully saturated rings. The number of carbonyl (C=O) groups is 1. The highest BCUT2D eigenvalue weighted by molar-refractivity contribution is 9.13. The zero-order valence-corrected chi connectivity index (χ0v) is 11.3. The highest BCUT2D eigenvalue weighted by atomic mass is 79.9. The van der Waals surface area contributed by atoms with E-state index in [2.05, 4.69) is 36.6 Å². The van der Waals surface area contributed by atoms with Gasteiger partial charge in [-0.25, -0.2) is 0 Å². The molecule has 1 aromatic heterocycles. The summed E-state index contributed by atoms with van der Waals surface area (Å²) in [5.74, 6) is -0.442. The van der Waals surface area contributed by atoms with Crippen molar-refractivity contribution < 1.29 is 9.53 Å². The van der Waals surface area contributed by atoms with Gasteiger partial charge in [-0.2, -0.15) is 0 Å². The zero-order valence-electron chi connectivity index (χ0n) is 6.51. The topological polar surface area (TPSA) is 26.3 Å². The van der Waals surface area contributed by atoms with Crippen LogP contribution in [-0.4, -0.2) is 13.1 Å². The summed E-state index contributed by atoms with van der Waals surface area (Å²) in [6.07, 6.45) is 0. The summed E-state index contributed by atoms with van der Waals surface area (Å²) in [6, 6.07) is 1.79. The molecule has 0 amide bonds. The molecule has 72 valence electrons. The van der Waals surface area contributed by atoms with Crippen molar-refractivity contribution in [3.63, 3.8) is 0 Å². The first-order valence-electron chi connectivity index (χ1n) is 3.23. The van der Waals surface area contributed by atoms with Crippen LogP contribution in [0.5, 0.6) is 0 Å². The van der Waals surface area contributed by atoms with E-state index in [1.807, 2.05) is 0 Å². The first-order chi connectivity index (χ1) is 6.06. The molecule has 1 unspecified atom stereocenters. The Morgan fingerprint density at radius 3 is 2.69 bits per heavy atom. The molecule has 0 saturated heterocycles. The van der Waals surface area contributed by atoms with Gasteiger partial charge < -0.3 is 4.74 Å². The lowest BCUT2D eigenvalue weighted by Gasteiger charge is -2.02. The molecule has 0 aliphatic carbocycles. The fraction of sp³-hybridized carbons (Fsp3) is 0.286. The maximum absolute atomic E-state index is 11.1. The summed E-state index contributed by atoms with van der Waals surface area (Å²) < 4.78 is 6.33. The minimum Gasteiger partial charge on any atom is -0.468 e. The van der Waals surface area contributed by atoms with E-state index in [0.29, 0.717) is 0 Å². The lowest BCUT2D eigenvalue weighted by Crippen LogP contribution is -2.06. The molecular formula is C7H5Br2ClO2S. The van der Waals surface area contributed by atoms with Crippen molar-refractivity contribution in [3.8, 4) is 0 Å². The molecule has 1 heterocycles. The number of ether oxygens (including phenoxy) is 1. The standard InChI is InChI=1S/C7H5Br2ClO2S/c1-12-7(11)5(10)4-2-3(8)6(9)13-4/h2,5H,1H3. The van der Waals surface area contributed by atoms with Crippen molar-refractivity contribution in [1.29, 1.82) is 0 Å². The summed E-state index contributed by atoms with van der Waals surface area (Å²) in [7, 11) is 1.31. The second-order valence-corrected chi connectivity index (χ2v) is 5.85. The molecule has 0 radical (unpaired) electrons. The second kappa shape index (κ2) is 4.77. The predicted molar refractivity (Wildman–Crippen MR) is 60.3 cm³/mol. The number of halogens is 3. The van der Waals surface area contributed by atoms with Gasteiger partial charge in [0.2, 0.25) is 0 Å². The highest BCUT2D eigenvalue weighted by Gasteiger charge is 2.21. The normalized spacial score (nSPS) is 12.6. The smallest absolute Gasteiger partial charge is 0.329 e. The summed E-state index contributed by atoms with van der Waals surface area (Å²) in [6.45, 7) is 0. The maximum atomic E-state index is 11.1. The molecule has 0 bridgehead atoms. The maximum Gasteiger partial charge on any atom is 0.329 e. The molecule has 6 heteroatoms. The molecule has 0 aromatic carbocycles. The molecule has 0 aliphatic heterocycles. The van der Waals surface area contributed by atoms with E-state index in [9.17, 15) is 4.79 Å². The summed E-state index contributed by atoms with van der Waals surface area (Å²) in [5, 5.41) is -0.724. The van der Waals surface area contributed by atoms with Crippen LogP contribution in [0.25, 0.3) is 0 Å². The first-order valence-corrected chi connectivity index (χ1v) is 6.06. The molecule has 1 aromatic rings. The number of carbonyl (C=O) groups excluding carboxylic acids is 1. The third-order valence-electron chi connectivity index (χ3n) is 1.32. The predicted octanol–water partition coefficient (Wildman–Crippen LogP) is 3.73. The van der Waals surface area contributed by atoms with Crippen LogP contribution in [0, 0.1) is 0 Å². The third kappa shape index (κ3) is 2.68. The molecule has 1 atom stereocenters. The lowest BCUT2D eigenvalue weighted by molar-refractivity contribution is -0.140. The molecule has 0 saturated carbocycles. The number of methoxy groups -OCH3 is 1. The number of hydrogen-bond donors (Lipinski definition) is 0. The Kier molecular flexibility index (Phi) is 4.22. The van der Waals surface area contributed by atoms with Crippen molar-refractivity contribution in [1.82, 2.24) is 0 Å². The molecule has 13 heavy (non-hydrogen) atoms. The number of rotatable bonds is 2.